The molecule has 1 aromatic carbocycles. The van der Waals surface area contributed by atoms with Crippen molar-refractivity contribution in [1.29, 1.82) is 0 Å². The molecule has 1 aromatic rings. The second-order valence-corrected chi connectivity index (χ2v) is 5.29. The maximum atomic E-state index is 11.8. The van der Waals surface area contributed by atoms with Gasteiger partial charge in [0.2, 0.25) is 0 Å². The molecular weight excluding hydrogens is 264 g/mol. The highest BCUT2D eigenvalue weighted by molar-refractivity contribution is 5.92. The molecule has 21 heavy (non-hydrogen) atoms. The van der Waals surface area contributed by atoms with E-state index in [2.05, 4.69) is 19.2 Å². The summed E-state index contributed by atoms with van der Waals surface area (Å²) in [7, 11) is 0. The fourth-order valence-electron chi connectivity index (χ4n) is 2.33. The molecule has 0 aliphatic carbocycles. The minimum Gasteiger partial charge on any atom is -0.462 e. The summed E-state index contributed by atoms with van der Waals surface area (Å²) in [6.07, 6.45) is 5.71. The molecule has 0 aromatic heterocycles. The van der Waals surface area contributed by atoms with Crippen molar-refractivity contribution in [2.24, 2.45) is 0 Å². The Morgan fingerprint density at radius 3 is 2.62 bits per heavy atom. The van der Waals surface area contributed by atoms with E-state index in [1.807, 2.05) is 0 Å². The van der Waals surface area contributed by atoms with Crippen LogP contribution in [0.2, 0.25) is 0 Å². The Hall–Kier alpha value is -1.71. The van der Waals surface area contributed by atoms with Gasteiger partial charge in [0.25, 0.3) is 0 Å². The summed E-state index contributed by atoms with van der Waals surface area (Å²) in [5, 5.41) is 3.49. The molecule has 0 fully saturated rings. The monoisotopic (exact) mass is 292 g/mol. The predicted molar refractivity (Wildman–Crippen MR) is 88.7 cm³/mol. The molecule has 3 N–H and O–H groups in total. The van der Waals surface area contributed by atoms with Crippen LogP contribution in [-0.4, -0.2) is 18.6 Å². The number of hydrogen-bond acceptors (Lipinski definition) is 4. The second kappa shape index (κ2) is 9.27. The lowest BCUT2D eigenvalue weighted by Gasteiger charge is -2.21. The van der Waals surface area contributed by atoms with Crippen molar-refractivity contribution in [2.45, 2.75) is 58.9 Å². The average Bonchev–Trinajstić information content (AvgIpc) is 2.47. The molecule has 1 unspecified atom stereocenters. The van der Waals surface area contributed by atoms with Gasteiger partial charge in [0, 0.05) is 6.04 Å². The Kier molecular flexibility index (Phi) is 7.65. The maximum Gasteiger partial charge on any atom is 0.338 e. The number of esters is 1. The highest BCUT2D eigenvalue weighted by Gasteiger charge is 2.12. The third-order valence-corrected chi connectivity index (χ3v) is 3.47. The van der Waals surface area contributed by atoms with E-state index in [0.717, 1.165) is 24.9 Å². The van der Waals surface area contributed by atoms with Gasteiger partial charge in [0.05, 0.1) is 23.5 Å². The smallest absolute Gasteiger partial charge is 0.338 e. The zero-order valence-corrected chi connectivity index (χ0v) is 13.4. The third kappa shape index (κ3) is 5.66. The highest BCUT2D eigenvalue weighted by Crippen LogP contribution is 2.23. The molecule has 0 aliphatic heterocycles. The van der Waals surface area contributed by atoms with Crippen LogP contribution in [0.4, 0.5) is 11.4 Å². The molecule has 4 heteroatoms. The van der Waals surface area contributed by atoms with Crippen LogP contribution in [0.5, 0.6) is 0 Å². The fourth-order valence-corrected chi connectivity index (χ4v) is 2.33. The van der Waals surface area contributed by atoms with Crippen molar-refractivity contribution >= 4 is 17.3 Å². The van der Waals surface area contributed by atoms with Gasteiger partial charge < -0.3 is 15.8 Å². The first-order valence-electron chi connectivity index (χ1n) is 7.95. The molecule has 118 valence electrons. The highest BCUT2D eigenvalue weighted by atomic mass is 16.5. The Morgan fingerprint density at radius 2 is 2.00 bits per heavy atom. The normalized spacial score (nSPS) is 12.0. The minimum atomic E-state index is -0.304. The molecule has 4 nitrogen and oxygen atoms in total. The zero-order valence-electron chi connectivity index (χ0n) is 13.4. The SMILES string of the molecule is CCCCC(CCC)Nc1cc(C(=O)OCC)ccc1N. The Balaban J connectivity index is 2.83. The lowest BCUT2D eigenvalue weighted by Crippen LogP contribution is -2.20. The molecular formula is C17H28N2O2. The number of nitrogens with two attached hydrogens (primary N) is 1. The standard InChI is InChI=1S/C17H28N2O2/c1-4-7-9-14(8-5-2)19-16-12-13(10-11-15(16)18)17(20)21-6-3/h10-12,14,19H,4-9,18H2,1-3H3. The number of hydrogen-bond donors (Lipinski definition) is 2. The quantitative estimate of drug-likeness (QED) is 0.528. The molecule has 0 aliphatic rings. The molecule has 0 saturated carbocycles. The Labute approximate surface area is 128 Å². The van der Waals surface area contributed by atoms with Gasteiger partial charge in [-0.2, -0.15) is 0 Å². The number of carbonyl (C=O) groups is 1. The largest absolute Gasteiger partial charge is 0.462 e. The number of carbonyl (C=O) groups excluding carboxylic acids is 1. The summed E-state index contributed by atoms with van der Waals surface area (Å²) < 4.78 is 5.03. The molecule has 0 saturated heterocycles. The van der Waals surface area contributed by atoms with E-state index >= 15 is 0 Å². The maximum absolute atomic E-state index is 11.8. The molecule has 0 amide bonds. The summed E-state index contributed by atoms with van der Waals surface area (Å²) in [6, 6.07) is 5.66. The Bertz CT molecular complexity index is 446. The summed E-state index contributed by atoms with van der Waals surface area (Å²) in [5.41, 5.74) is 8.06. The van der Waals surface area contributed by atoms with Crippen molar-refractivity contribution in [3.63, 3.8) is 0 Å². The van der Waals surface area contributed by atoms with Gasteiger partial charge in [-0.3, -0.25) is 0 Å². The lowest BCUT2D eigenvalue weighted by atomic mass is 10.0. The summed E-state index contributed by atoms with van der Waals surface area (Å²) in [5.74, 6) is -0.304. The van der Waals surface area contributed by atoms with E-state index in [4.69, 9.17) is 10.5 Å². The molecule has 0 heterocycles. The number of benzene rings is 1. The average molecular weight is 292 g/mol. The number of rotatable bonds is 9. The third-order valence-electron chi connectivity index (χ3n) is 3.47. The van der Waals surface area contributed by atoms with Gasteiger partial charge in [-0.15, -0.1) is 0 Å². The number of unbranched alkanes of at least 4 members (excludes halogenated alkanes) is 1. The fraction of sp³-hybridized carbons (Fsp3) is 0.588. The molecule has 1 atom stereocenters. The van der Waals surface area contributed by atoms with Crippen LogP contribution in [0.15, 0.2) is 18.2 Å². The zero-order chi connectivity index (χ0) is 15.7. The van der Waals surface area contributed by atoms with E-state index in [9.17, 15) is 4.79 Å². The van der Waals surface area contributed by atoms with Crippen molar-refractivity contribution in [3.05, 3.63) is 23.8 Å². The number of anilines is 2. The van der Waals surface area contributed by atoms with Gasteiger partial charge in [-0.25, -0.2) is 4.79 Å². The van der Waals surface area contributed by atoms with Crippen LogP contribution in [0, 0.1) is 0 Å². The second-order valence-electron chi connectivity index (χ2n) is 5.29. The first-order valence-corrected chi connectivity index (χ1v) is 7.95. The van der Waals surface area contributed by atoms with Crippen LogP contribution >= 0.6 is 0 Å². The van der Waals surface area contributed by atoms with Crippen molar-refractivity contribution in [1.82, 2.24) is 0 Å². The van der Waals surface area contributed by atoms with E-state index < -0.39 is 0 Å². The van der Waals surface area contributed by atoms with E-state index in [1.165, 1.54) is 12.8 Å². The molecule has 0 bridgehead atoms. The number of ether oxygens (including phenoxy) is 1. The van der Waals surface area contributed by atoms with Crippen molar-refractivity contribution in [2.75, 3.05) is 17.7 Å². The summed E-state index contributed by atoms with van der Waals surface area (Å²) in [6.45, 7) is 6.55. The van der Waals surface area contributed by atoms with Gasteiger partial charge in [-0.1, -0.05) is 33.1 Å². The van der Waals surface area contributed by atoms with Gasteiger partial charge in [-0.05, 0) is 38.0 Å². The van der Waals surface area contributed by atoms with Gasteiger partial charge >= 0.3 is 5.97 Å². The molecule has 0 spiro atoms. The van der Waals surface area contributed by atoms with E-state index in [0.29, 0.717) is 23.9 Å². The van der Waals surface area contributed by atoms with Crippen LogP contribution in [0.3, 0.4) is 0 Å². The molecule has 1 rings (SSSR count). The van der Waals surface area contributed by atoms with Crippen molar-refractivity contribution in [3.8, 4) is 0 Å². The predicted octanol–water partition coefficient (Wildman–Crippen LogP) is 4.22. The van der Waals surface area contributed by atoms with Crippen LogP contribution in [-0.2, 0) is 4.74 Å². The first-order chi connectivity index (χ1) is 10.1. The molecule has 0 radical (unpaired) electrons. The van der Waals surface area contributed by atoms with Crippen molar-refractivity contribution < 1.29 is 9.53 Å². The topological polar surface area (TPSA) is 64.3 Å². The van der Waals surface area contributed by atoms with Gasteiger partial charge in [0.15, 0.2) is 0 Å². The van der Waals surface area contributed by atoms with Crippen LogP contribution < -0.4 is 11.1 Å². The summed E-state index contributed by atoms with van der Waals surface area (Å²) >= 11 is 0. The first kappa shape index (κ1) is 17.3. The van der Waals surface area contributed by atoms with E-state index in [-0.39, 0.29) is 5.97 Å². The lowest BCUT2D eigenvalue weighted by molar-refractivity contribution is 0.0526. The number of nitrogens with one attached hydrogen (secondary N) is 1. The van der Waals surface area contributed by atoms with E-state index in [1.54, 1.807) is 25.1 Å². The van der Waals surface area contributed by atoms with Crippen LogP contribution in [0.25, 0.3) is 0 Å². The Morgan fingerprint density at radius 1 is 1.24 bits per heavy atom. The van der Waals surface area contributed by atoms with Gasteiger partial charge in [0.1, 0.15) is 0 Å². The summed E-state index contributed by atoms with van der Waals surface area (Å²) in [4.78, 5) is 11.8. The number of nitrogen functional groups attached to an aromatic ring is 1. The van der Waals surface area contributed by atoms with Crippen LogP contribution in [0.1, 0.15) is 63.2 Å². The minimum absolute atomic E-state index is 0.304.